The lowest BCUT2D eigenvalue weighted by molar-refractivity contribution is -0.384. The number of nitro benzene ring substituents is 1. The minimum Gasteiger partial charge on any atom is -0.374 e. The van der Waals surface area contributed by atoms with Crippen molar-refractivity contribution in [2.75, 3.05) is 5.32 Å². The van der Waals surface area contributed by atoms with Crippen molar-refractivity contribution in [2.24, 2.45) is 0 Å². The van der Waals surface area contributed by atoms with Crippen molar-refractivity contribution in [1.82, 2.24) is 4.98 Å². The van der Waals surface area contributed by atoms with Crippen molar-refractivity contribution in [3.8, 4) is 6.07 Å². The fraction of sp³-hybridized carbons (Fsp3) is 0.0769. The predicted molar refractivity (Wildman–Crippen MR) is 69.4 cm³/mol. The van der Waals surface area contributed by atoms with E-state index in [0.29, 0.717) is 12.2 Å². The van der Waals surface area contributed by atoms with E-state index in [1.807, 2.05) is 18.2 Å². The molecule has 0 unspecified atom stereocenters. The van der Waals surface area contributed by atoms with Crippen LogP contribution in [0.3, 0.4) is 0 Å². The van der Waals surface area contributed by atoms with E-state index in [1.165, 1.54) is 6.07 Å². The number of anilines is 1. The normalized spacial score (nSPS) is 9.63. The molecule has 1 heterocycles. The Hall–Kier alpha value is -2.94. The molecule has 0 aliphatic rings. The number of benzene rings is 1. The average molecular weight is 254 g/mol. The van der Waals surface area contributed by atoms with E-state index in [1.54, 1.807) is 24.4 Å². The third-order valence-corrected chi connectivity index (χ3v) is 2.53. The highest BCUT2D eigenvalue weighted by Gasteiger charge is 2.19. The van der Waals surface area contributed by atoms with Gasteiger partial charge in [0.15, 0.2) is 0 Å². The summed E-state index contributed by atoms with van der Waals surface area (Å²) in [5, 5.41) is 22.8. The molecule has 19 heavy (non-hydrogen) atoms. The summed E-state index contributed by atoms with van der Waals surface area (Å²) in [6, 6.07) is 11.9. The Morgan fingerprint density at radius 1 is 1.32 bits per heavy atom. The van der Waals surface area contributed by atoms with E-state index in [-0.39, 0.29) is 11.3 Å². The molecule has 0 atom stereocenters. The van der Waals surface area contributed by atoms with Gasteiger partial charge in [-0.1, -0.05) is 12.1 Å². The van der Waals surface area contributed by atoms with Crippen molar-refractivity contribution < 1.29 is 4.92 Å². The summed E-state index contributed by atoms with van der Waals surface area (Å²) in [5.41, 5.74) is 0.908. The van der Waals surface area contributed by atoms with Crippen molar-refractivity contribution in [1.29, 1.82) is 5.26 Å². The molecule has 0 amide bonds. The van der Waals surface area contributed by atoms with Gasteiger partial charge in [0.05, 0.1) is 17.2 Å². The van der Waals surface area contributed by atoms with Gasteiger partial charge in [-0.25, -0.2) is 0 Å². The number of para-hydroxylation sites is 1. The molecule has 2 aromatic rings. The van der Waals surface area contributed by atoms with Crippen LogP contribution in [0.2, 0.25) is 0 Å². The molecule has 0 saturated carbocycles. The zero-order chi connectivity index (χ0) is 13.7. The first-order valence-corrected chi connectivity index (χ1v) is 5.53. The highest BCUT2D eigenvalue weighted by molar-refractivity contribution is 5.68. The summed E-state index contributed by atoms with van der Waals surface area (Å²) in [7, 11) is 0. The molecule has 0 bridgehead atoms. The Morgan fingerprint density at radius 3 is 2.79 bits per heavy atom. The number of nitro groups is 1. The second-order valence-corrected chi connectivity index (χ2v) is 3.75. The zero-order valence-corrected chi connectivity index (χ0v) is 9.91. The summed E-state index contributed by atoms with van der Waals surface area (Å²) in [5.74, 6) is 0. The Bertz CT molecular complexity index is 635. The number of nitrogens with one attached hydrogen (secondary N) is 1. The lowest BCUT2D eigenvalue weighted by Crippen LogP contribution is -2.05. The maximum atomic E-state index is 11.0. The second kappa shape index (κ2) is 5.60. The van der Waals surface area contributed by atoms with Crippen LogP contribution in [0.1, 0.15) is 11.3 Å². The predicted octanol–water partition coefficient (Wildman–Crippen LogP) is 2.47. The maximum absolute atomic E-state index is 11.0. The molecule has 0 aliphatic heterocycles. The second-order valence-electron chi connectivity index (χ2n) is 3.75. The van der Waals surface area contributed by atoms with Crippen molar-refractivity contribution in [3.05, 3.63) is 64.0 Å². The van der Waals surface area contributed by atoms with Crippen LogP contribution in [0.4, 0.5) is 11.4 Å². The van der Waals surface area contributed by atoms with Crippen LogP contribution in [0.5, 0.6) is 0 Å². The minimum atomic E-state index is -0.556. The number of nitrogens with zero attached hydrogens (tertiary/aromatic N) is 3. The fourth-order valence-corrected chi connectivity index (χ4v) is 1.66. The first kappa shape index (κ1) is 12.5. The minimum absolute atomic E-state index is 0.0380. The van der Waals surface area contributed by atoms with Crippen LogP contribution in [-0.4, -0.2) is 9.91 Å². The molecule has 1 aromatic carbocycles. The molecule has 2 rings (SSSR count). The third kappa shape index (κ3) is 2.84. The fourth-order valence-electron chi connectivity index (χ4n) is 1.66. The van der Waals surface area contributed by atoms with Crippen molar-refractivity contribution >= 4 is 11.4 Å². The van der Waals surface area contributed by atoms with Crippen molar-refractivity contribution in [3.63, 3.8) is 0 Å². The molecule has 94 valence electrons. The van der Waals surface area contributed by atoms with Crippen LogP contribution in [-0.2, 0) is 6.54 Å². The molecule has 0 aliphatic carbocycles. The smallest absolute Gasteiger partial charge is 0.309 e. The quantitative estimate of drug-likeness (QED) is 0.668. The van der Waals surface area contributed by atoms with Gasteiger partial charge >= 0.3 is 5.69 Å². The molecule has 1 aromatic heterocycles. The van der Waals surface area contributed by atoms with Gasteiger partial charge in [0, 0.05) is 6.20 Å². The van der Waals surface area contributed by atoms with Gasteiger partial charge in [0.2, 0.25) is 0 Å². The monoisotopic (exact) mass is 254 g/mol. The van der Waals surface area contributed by atoms with E-state index >= 15 is 0 Å². The first-order chi connectivity index (χ1) is 9.22. The summed E-state index contributed by atoms with van der Waals surface area (Å²) < 4.78 is 0. The molecule has 0 fully saturated rings. The van der Waals surface area contributed by atoms with Crippen LogP contribution in [0, 0.1) is 21.4 Å². The molecular formula is C13H10N4O2. The highest BCUT2D eigenvalue weighted by Crippen LogP contribution is 2.28. The van der Waals surface area contributed by atoms with E-state index in [4.69, 9.17) is 5.26 Å². The molecule has 1 N–H and O–H groups in total. The number of pyridine rings is 1. The van der Waals surface area contributed by atoms with Gasteiger partial charge in [-0.3, -0.25) is 15.1 Å². The van der Waals surface area contributed by atoms with Gasteiger partial charge in [-0.2, -0.15) is 5.26 Å². The largest absolute Gasteiger partial charge is 0.374 e. The number of aromatic nitrogens is 1. The lowest BCUT2D eigenvalue weighted by Gasteiger charge is -2.07. The SMILES string of the molecule is N#Cc1cccc(NCc2ccccn2)c1[N+](=O)[O-]. The van der Waals surface area contributed by atoms with Gasteiger partial charge < -0.3 is 5.32 Å². The van der Waals surface area contributed by atoms with E-state index < -0.39 is 4.92 Å². The Kier molecular flexibility index (Phi) is 3.69. The number of hydrogen-bond acceptors (Lipinski definition) is 5. The Morgan fingerprint density at radius 2 is 2.16 bits per heavy atom. The Balaban J connectivity index is 2.26. The van der Waals surface area contributed by atoms with Crippen molar-refractivity contribution in [2.45, 2.75) is 6.54 Å². The van der Waals surface area contributed by atoms with Gasteiger partial charge in [0.1, 0.15) is 17.3 Å². The Labute approximate surface area is 109 Å². The van der Waals surface area contributed by atoms with Gasteiger partial charge in [-0.15, -0.1) is 0 Å². The lowest BCUT2D eigenvalue weighted by atomic mass is 10.1. The highest BCUT2D eigenvalue weighted by atomic mass is 16.6. The maximum Gasteiger partial charge on any atom is 0.309 e. The van der Waals surface area contributed by atoms with Gasteiger partial charge in [-0.05, 0) is 24.3 Å². The number of hydrogen-bond donors (Lipinski definition) is 1. The summed E-state index contributed by atoms with van der Waals surface area (Å²) in [4.78, 5) is 14.6. The number of rotatable bonds is 4. The summed E-state index contributed by atoms with van der Waals surface area (Å²) in [6.45, 7) is 0.358. The van der Waals surface area contributed by atoms with E-state index in [9.17, 15) is 10.1 Å². The molecule has 6 nitrogen and oxygen atoms in total. The van der Waals surface area contributed by atoms with E-state index in [2.05, 4.69) is 10.3 Å². The first-order valence-electron chi connectivity index (χ1n) is 5.53. The van der Waals surface area contributed by atoms with E-state index in [0.717, 1.165) is 5.69 Å². The molecule has 0 spiro atoms. The topological polar surface area (TPSA) is 91.8 Å². The standard InChI is InChI=1S/C13H10N4O2/c14-8-10-4-3-6-12(13(10)17(18)19)16-9-11-5-1-2-7-15-11/h1-7,16H,9H2. The summed E-state index contributed by atoms with van der Waals surface area (Å²) >= 11 is 0. The van der Waals surface area contributed by atoms with Crippen LogP contribution in [0.25, 0.3) is 0 Å². The summed E-state index contributed by atoms with van der Waals surface area (Å²) in [6.07, 6.45) is 1.65. The molecule has 6 heteroatoms. The average Bonchev–Trinajstić information content (AvgIpc) is 2.45. The molecule has 0 saturated heterocycles. The zero-order valence-electron chi connectivity index (χ0n) is 9.91. The number of nitriles is 1. The van der Waals surface area contributed by atoms with Crippen LogP contribution in [0.15, 0.2) is 42.6 Å². The third-order valence-electron chi connectivity index (χ3n) is 2.53. The van der Waals surface area contributed by atoms with Crippen LogP contribution < -0.4 is 5.32 Å². The van der Waals surface area contributed by atoms with Crippen LogP contribution >= 0.6 is 0 Å². The van der Waals surface area contributed by atoms with Gasteiger partial charge in [0.25, 0.3) is 0 Å². The molecule has 0 radical (unpaired) electrons. The molecular weight excluding hydrogens is 244 g/mol.